The molecule has 1 unspecified atom stereocenters. The van der Waals surface area contributed by atoms with Crippen LogP contribution in [0.2, 0.25) is 0 Å². The van der Waals surface area contributed by atoms with E-state index in [0.717, 1.165) is 18.8 Å². The Balaban J connectivity index is 1.82. The number of ether oxygens (including phenoxy) is 1. The number of aromatic amines is 1. The number of aromatic nitrogens is 3. The zero-order valence-electron chi connectivity index (χ0n) is 8.64. The Morgan fingerprint density at radius 3 is 3.19 bits per heavy atom. The van der Waals surface area contributed by atoms with Crippen LogP contribution in [-0.4, -0.2) is 34.9 Å². The molecule has 6 nitrogen and oxygen atoms in total. The van der Waals surface area contributed by atoms with Gasteiger partial charge in [-0.05, 0) is 12.1 Å². The topological polar surface area (TPSA) is 76.0 Å². The van der Waals surface area contributed by atoms with E-state index in [2.05, 4.69) is 20.4 Å². The molecule has 1 aliphatic rings. The van der Waals surface area contributed by atoms with Crippen LogP contribution in [0.15, 0.2) is 22.9 Å². The second kappa shape index (κ2) is 4.07. The molecule has 0 aromatic carbocycles. The molecule has 1 saturated heterocycles. The van der Waals surface area contributed by atoms with Gasteiger partial charge < -0.3 is 19.6 Å². The summed E-state index contributed by atoms with van der Waals surface area (Å²) in [5, 5.41) is 7.18. The minimum Gasteiger partial charge on any atom is -0.378 e. The average Bonchev–Trinajstić information content (AvgIpc) is 3.01. The number of H-pyrrole nitrogens is 1. The average molecular weight is 220 g/mol. The lowest BCUT2D eigenvalue weighted by Gasteiger charge is -2.20. The van der Waals surface area contributed by atoms with Gasteiger partial charge in [0.05, 0.1) is 18.9 Å². The summed E-state index contributed by atoms with van der Waals surface area (Å²) in [6.45, 7) is 2.12. The van der Waals surface area contributed by atoms with E-state index in [9.17, 15) is 0 Å². The third kappa shape index (κ3) is 1.72. The van der Waals surface area contributed by atoms with E-state index in [1.54, 1.807) is 0 Å². The summed E-state index contributed by atoms with van der Waals surface area (Å²) in [5.41, 5.74) is 0.853. The van der Waals surface area contributed by atoms with Gasteiger partial charge >= 0.3 is 0 Å². The fourth-order valence-corrected chi connectivity index (χ4v) is 1.68. The molecule has 0 saturated carbocycles. The maximum absolute atomic E-state index is 5.34. The molecule has 1 aliphatic heterocycles. The summed E-state index contributed by atoms with van der Waals surface area (Å²) >= 11 is 0. The van der Waals surface area contributed by atoms with Crippen LogP contribution in [0.5, 0.6) is 0 Å². The van der Waals surface area contributed by atoms with Crippen molar-refractivity contribution in [3.63, 3.8) is 0 Å². The minimum atomic E-state index is 0.00459. The van der Waals surface area contributed by atoms with Crippen molar-refractivity contribution in [1.82, 2.24) is 20.4 Å². The molecule has 6 heteroatoms. The first kappa shape index (κ1) is 9.56. The molecule has 1 fully saturated rings. The first-order valence-corrected chi connectivity index (χ1v) is 5.22. The van der Waals surface area contributed by atoms with Crippen LogP contribution < -0.4 is 5.32 Å². The van der Waals surface area contributed by atoms with Gasteiger partial charge in [-0.1, -0.05) is 5.16 Å². The highest BCUT2D eigenvalue weighted by molar-refractivity contribution is 5.47. The third-order valence-electron chi connectivity index (χ3n) is 2.50. The van der Waals surface area contributed by atoms with Gasteiger partial charge in [0.2, 0.25) is 11.7 Å². The maximum Gasteiger partial charge on any atom is 0.246 e. The highest BCUT2D eigenvalue weighted by Gasteiger charge is 2.21. The molecule has 3 heterocycles. The second-order valence-corrected chi connectivity index (χ2v) is 3.62. The summed E-state index contributed by atoms with van der Waals surface area (Å²) < 4.78 is 10.5. The van der Waals surface area contributed by atoms with Gasteiger partial charge in [-0.15, -0.1) is 0 Å². The van der Waals surface area contributed by atoms with E-state index in [0.29, 0.717) is 18.3 Å². The molecule has 2 aromatic rings. The quantitative estimate of drug-likeness (QED) is 0.780. The van der Waals surface area contributed by atoms with Crippen molar-refractivity contribution in [2.45, 2.75) is 6.04 Å². The molecule has 0 spiro atoms. The zero-order chi connectivity index (χ0) is 10.8. The fraction of sp³-hybridized carbons (Fsp3) is 0.400. The van der Waals surface area contributed by atoms with Crippen LogP contribution in [0.3, 0.4) is 0 Å². The highest BCUT2D eigenvalue weighted by Crippen LogP contribution is 2.18. The second-order valence-electron chi connectivity index (χ2n) is 3.62. The van der Waals surface area contributed by atoms with E-state index >= 15 is 0 Å². The van der Waals surface area contributed by atoms with Gasteiger partial charge in [-0.3, -0.25) is 0 Å². The number of morpholine rings is 1. The summed E-state index contributed by atoms with van der Waals surface area (Å²) in [6, 6.07) is 3.80. The number of nitrogens with one attached hydrogen (secondary N) is 2. The Kier molecular flexibility index (Phi) is 2.43. The Hall–Kier alpha value is -1.66. The van der Waals surface area contributed by atoms with E-state index in [4.69, 9.17) is 9.26 Å². The largest absolute Gasteiger partial charge is 0.378 e. The molecule has 16 heavy (non-hydrogen) atoms. The van der Waals surface area contributed by atoms with E-state index in [-0.39, 0.29) is 6.04 Å². The third-order valence-corrected chi connectivity index (χ3v) is 2.50. The SMILES string of the molecule is c1c[nH]c(-c2noc(C3COCCN3)n2)c1. The molecule has 2 aromatic heterocycles. The standard InChI is InChI=1S/C10H12N4O2/c1-2-7(11-3-1)9-13-10(16-14-9)8-6-15-5-4-12-8/h1-3,8,11-12H,4-6H2. The van der Waals surface area contributed by atoms with Crippen molar-refractivity contribution in [3.05, 3.63) is 24.2 Å². The normalized spacial score (nSPS) is 21.1. The summed E-state index contributed by atoms with van der Waals surface area (Å²) in [5.74, 6) is 1.15. The Bertz CT molecular complexity index is 445. The first-order valence-electron chi connectivity index (χ1n) is 5.22. The molecule has 0 bridgehead atoms. The van der Waals surface area contributed by atoms with Gasteiger partial charge in [0.1, 0.15) is 6.04 Å². The van der Waals surface area contributed by atoms with Gasteiger partial charge in [0.25, 0.3) is 0 Å². The lowest BCUT2D eigenvalue weighted by atomic mass is 10.3. The van der Waals surface area contributed by atoms with E-state index in [1.807, 2.05) is 18.3 Å². The van der Waals surface area contributed by atoms with Crippen LogP contribution in [0.4, 0.5) is 0 Å². The lowest BCUT2D eigenvalue weighted by Crippen LogP contribution is -2.34. The molecular weight excluding hydrogens is 208 g/mol. The number of hydrogen-bond acceptors (Lipinski definition) is 5. The lowest BCUT2D eigenvalue weighted by molar-refractivity contribution is 0.0659. The Morgan fingerprint density at radius 1 is 1.44 bits per heavy atom. The molecule has 84 valence electrons. The van der Waals surface area contributed by atoms with Crippen molar-refractivity contribution in [2.75, 3.05) is 19.8 Å². The van der Waals surface area contributed by atoms with Gasteiger partial charge in [0.15, 0.2) is 0 Å². The Labute approximate surface area is 92.0 Å². The predicted molar refractivity (Wildman–Crippen MR) is 55.6 cm³/mol. The van der Waals surface area contributed by atoms with Crippen molar-refractivity contribution in [1.29, 1.82) is 0 Å². The molecular formula is C10H12N4O2. The number of hydrogen-bond donors (Lipinski definition) is 2. The fourth-order valence-electron chi connectivity index (χ4n) is 1.68. The van der Waals surface area contributed by atoms with Crippen molar-refractivity contribution >= 4 is 0 Å². The monoisotopic (exact) mass is 220 g/mol. The zero-order valence-corrected chi connectivity index (χ0v) is 8.64. The molecule has 0 amide bonds. The van der Waals surface area contributed by atoms with E-state index < -0.39 is 0 Å². The minimum absolute atomic E-state index is 0.00459. The van der Waals surface area contributed by atoms with E-state index in [1.165, 1.54) is 0 Å². The molecule has 0 aliphatic carbocycles. The maximum atomic E-state index is 5.34. The predicted octanol–water partition coefficient (Wildman–Crippen LogP) is 0.726. The number of nitrogens with zero attached hydrogens (tertiary/aromatic N) is 2. The Morgan fingerprint density at radius 2 is 2.44 bits per heavy atom. The molecule has 2 N–H and O–H groups in total. The summed E-state index contributed by atoms with van der Waals surface area (Å²) in [7, 11) is 0. The summed E-state index contributed by atoms with van der Waals surface area (Å²) in [4.78, 5) is 7.36. The molecule has 0 radical (unpaired) electrons. The first-order chi connectivity index (χ1) is 7.93. The van der Waals surface area contributed by atoms with Gasteiger partial charge in [-0.2, -0.15) is 4.98 Å². The molecule has 3 rings (SSSR count). The number of rotatable bonds is 2. The van der Waals surface area contributed by atoms with Crippen molar-refractivity contribution < 1.29 is 9.26 Å². The van der Waals surface area contributed by atoms with Crippen LogP contribution in [0, 0.1) is 0 Å². The van der Waals surface area contributed by atoms with Gasteiger partial charge in [0, 0.05) is 12.7 Å². The summed E-state index contributed by atoms with van der Waals surface area (Å²) in [6.07, 6.45) is 1.83. The van der Waals surface area contributed by atoms with Crippen molar-refractivity contribution in [3.8, 4) is 11.5 Å². The van der Waals surface area contributed by atoms with Gasteiger partial charge in [-0.25, -0.2) is 0 Å². The van der Waals surface area contributed by atoms with Crippen LogP contribution in [0.1, 0.15) is 11.9 Å². The van der Waals surface area contributed by atoms with Crippen LogP contribution >= 0.6 is 0 Å². The highest BCUT2D eigenvalue weighted by atomic mass is 16.5. The van der Waals surface area contributed by atoms with Crippen LogP contribution in [0.25, 0.3) is 11.5 Å². The van der Waals surface area contributed by atoms with Crippen LogP contribution in [-0.2, 0) is 4.74 Å². The molecule has 1 atom stereocenters. The van der Waals surface area contributed by atoms with Crippen molar-refractivity contribution in [2.24, 2.45) is 0 Å². The smallest absolute Gasteiger partial charge is 0.246 e.